The normalized spacial score (nSPS) is 13.0. The van der Waals surface area contributed by atoms with Gasteiger partial charge in [0.15, 0.2) is 11.5 Å². The number of aromatic nitrogens is 3. The fourth-order valence-electron chi connectivity index (χ4n) is 3.49. The molecule has 8 nitrogen and oxygen atoms in total. The Morgan fingerprint density at radius 2 is 1.69 bits per heavy atom. The molecule has 1 aliphatic heterocycles. The van der Waals surface area contributed by atoms with Gasteiger partial charge in [-0.15, -0.1) is 0 Å². The molecular formula is C21H23N5O3. The zero-order valence-electron chi connectivity index (χ0n) is 16.7. The smallest absolute Gasteiger partial charge is 0.222 e. The summed E-state index contributed by atoms with van der Waals surface area (Å²) in [7, 11) is 4.88. The predicted octanol–water partition coefficient (Wildman–Crippen LogP) is 2.71. The lowest BCUT2D eigenvalue weighted by molar-refractivity contribution is 0.353. The first kappa shape index (κ1) is 18.8. The molecule has 150 valence electrons. The van der Waals surface area contributed by atoms with E-state index in [1.807, 2.05) is 24.3 Å². The van der Waals surface area contributed by atoms with Crippen LogP contribution in [0.4, 0.5) is 11.8 Å². The summed E-state index contributed by atoms with van der Waals surface area (Å²) in [4.78, 5) is 15.3. The standard InChI is InChI=1S/C21H23N5O3/c1-27-17-8-13-6-7-26(12-15(13)9-18(17)28-2)19-10-16(24-21(22)25-19)14-4-5-20(29-3)23-11-14/h4-5,8-11H,6-7,12H2,1-3H3,(H2,22,24,25). The van der Waals surface area contributed by atoms with Gasteiger partial charge in [0.2, 0.25) is 11.8 Å². The molecule has 1 aromatic carbocycles. The maximum atomic E-state index is 6.01. The Balaban J connectivity index is 1.65. The van der Waals surface area contributed by atoms with E-state index in [0.717, 1.165) is 41.5 Å². The van der Waals surface area contributed by atoms with Crippen molar-refractivity contribution in [1.82, 2.24) is 15.0 Å². The van der Waals surface area contributed by atoms with Crippen molar-refractivity contribution in [2.24, 2.45) is 0 Å². The minimum atomic E-state index is 0.228. The summed E-state index contributed by atoms with van der Waals surface area (Å²) in [5.41, 5.74) is 10.0. The Bertz CT molecular complexity index is 1020. The number of hydrogen-bond donors (Lipinski definition) is 1. The zero-order chi connectivity index (χ0) is 20.4. The Morgan fingerprint density at radius 1 is 0.931 bits per heavy atom. The Kier molecular flexibility index (Phi) is 5.07. The third kappa shape index (κ3) is 3.73. The molecule has 0 atom stereocenters. The van der Waals surface area contributed by atoms with Gasteiger partial charge in [0.25, 0.3) is 0 Å². The maximum absolute atomic E-state index is 6.01. The number of fused-ring (bicyclic) bond motifs is 1. The highest BCUT2D eigenvalue weighted by Crippen LogP contribution is 2.34. The average Bonchev–Trinajstić information content (AvgIpc) is 2.77. The SMILES string of the molecule is COc1ccc(-c2cc(N3CCc4cc(OC)c(OC)cc4C3)nc(N)n2)cn1. The van der Waals surface area contributed by atoms with Crippen molar-refractivity contribution in [3.63, 3.8) is 0 Å². The number of nitrogen functional groups attached to an aromatic ring is 1. The highest BCUT2D eigenvalue weighted by atomic mass is 16.5. The second kappa shape index (κ2) is 7.83. The average molecular weight is 393 g/mol. The van der Waals surface area contributed by atoms with Gasteiger partial charge in [0, 0.05) is 37.0 Å². The molecular weight excluding hydrogens is 370 g/mol. The van der Waals surface area contributed by atoms with Crippen LogP contribution in [0.15, 0.2) is 36.5 Å². The van der Waals surface area contributed by atoms with Crippen molar-refractivity contribution in [2.75, 3.05) is 38.5 Å². The van der Waals surface area contributed by atoms with E-state index in [1.54, 1.807) is 33.6 Å². The van der Waals surface area contributed by atoms with Crippen LogP contribution in [-0.4, -0.2) is 42.8 Å². The van der Waals surface area contributed by atoms with Gasteiger partial charge in [0.05, 0.1) is 27.0 Å². The van der Waals surface area contributed by atoms with Gasteiger partial charge in [-0.2, -0.15) is 4.98 Å². The highest BCUT2D eigenvalue weighted by molar-refractivity contribution is 5.64. The number of benzene rings is 1. The van der Waals surface area contributed by atoms with Gasteiger partial charge in [-0.1, -0.05) is 0 Å². The molecule has 0 radical (unpaired) electrons. The minimum absolute atomic E-state index is 0.228. The molecule has 4 rings (SSSR count). The Morgan fingerprint density at radius 3 is 2.34 bits per heavy atom. The topological polar surface area (TPSA) is 95.6 Å². The van der Waals surface area contributed by atoms with E-state index in [-0.39, 0.29) is 5.95 Å². The molecule has 2 aromatic heterocycles. The number of nitrogens with zero attached hydrogens (tertiary/aromatic N) is 4. The molecule has 0 aliphatic carbocycles. The van der Waals surface area contributed by atoms with Crippen LogP contribution < -0.4 is 24.8 Å². The summed E-state index contributed by atoms with van der Waals surface area (Å²) >= 11 is 0. The number of hydrogen-bond acceptors (Lipinski definition) is 8. The van der Waals surface area contributed by atoms with Crippen LogP contribution in [0.3, 0.4) is 0 Å². The third-order valence-electron chi connectivity index (χ3n) is 5.01. The zero-order valence-corrected chi connectivity index (χ0v) is 16.7. The lowest BCUT2D eigenvalue weighted by Gasteiger charge is -2.30. The number of nitrogens with two attached hydrogens (primary N) is 1. The lowest BCUT2D eigenvalue weighted by Crippen LogP contribution is -2.31. The Hall–Kier alpha value is -3.55. The molecule has 0 spiro atoms. The molecule has 0 saturated carbocycles. The van der Waals surface area contributed by atoms with Crippen LogP contribution in [0.2, 0.25) is 0 Å². The summed E-state index contributed by atoms with van der Waals surface area (Å²) in [5.74, 6) is 3.03. The third-order valence-corrected chi connectivity index (χ3v) is 5.01. The monoisotopic (exact) mass is 393 g/mol. The van der Waals surface area contributed by atoms with E-state index < -0.39 is 0 Å². The van der Waals surface area contributed by atoms with Crippen LogP contribution >= 0.6 is 0 Å². The number of pyridine rings is 1. The van der Waals surface area contributed by atoms with Crippen molar-refractivity contribution < 1.29 is 14.2 Å². The molecule has 0 saturated heterocycles. The summed E-state index contributed by atoms with van der Waals surface area (Å²) in [6.45, 7) is 1.52. The lowest BCUT2D eigenvalue weighted by atomic mass is 9.98. The molecule has 2 N–H and O–H groups in total. The second-order valence-electron chi connectivity index (χ2n) is 6.71. The van der Waals surface area contributed by atoms with E-state index in [1.165, 1.54) is 11.1 Å². The minimum Gasteiger partial charge on any atom is -0.493 e. The number of ether oxygens (including phenoxy) is 3. The summed E-state index contributed by atoms with van der Waals surface area (Å²) in [6.07, 6.45) is 2.59. The molecule has 0 amide bonds. The first-order valence-corrected chi connectivity index (χ1v) is 9.25. The molecule has 3 heterocycles. The van der Waals surface area contributed by atoms with Crippen LogP contribution in [0.1, 0.15) is 11.1 Å². The summed E-state index contributed by atoms with van der Waals surface area (Å²) in [5, 5.41) is 0. The molecule has 29 heavy (non-hydrogen) atoms. The van der Waals surface area contributed by atoms with Crippen LogP contribution in [0, 0.1) is 0 Å². The number of methoxy groups -OCH3 is 3. The molecule has 0 fully saturated rings. The first-order valence-electron chi connectivity index (χ1n) is 9.25. The van der Waals surface area contributed by atoms with Crippen molar-refractivity contribution in [2.45, 2.75) is 13.0 Å². The van der Waals surface area contributed by atoms with Crippen LogP contribution in [0.5, 0.6) is 17.4 Å². The van der Waals surface area contributed by atoms with Crippen molar-refractivity contribution >= 4 is 11.8 Å². The molecule has 8 heteroatoms. The van der Waals surface area contributed by atoms with Crippen molar-refractivity contribution in [3.8, 4) is 28.6 Å². The predicted molar refractivity (Wildman–Crippen MR) is 111 cm³/mol. The van der Waals surface area contributed by atoms with E-state index in [9.17, 15) is 0 Å². The fourth-order valence-corrected chi connectivity index (χ4v) is 3.49. The van der Waals surface area contributed by atoms with Gasteiger partial charge >= 0.3 is 0 Å². The molecule has 3 aromatic rings. The molecule has 0 bridgehead atoms. The van der Waals surface area contributed by atoms with Gasteiger partial charge in [0.1, 0.15) is 5.82 Å². The quantitative estimate of drug-likeness (QED) is 0.707. The van der Waals surface area contributed by atoms with E-state index >= 15 is 0 Å². The van der Waals surface area contributed by atoms with Crippen LogP contribution in [0.25, 0.3) is 11.3 Å². The van der Waals surface area contributed by atoms with E-state index in [0.29, 0.717) is 12.4 Å². The van der Waals surface area contributed by atoms with E-state index in [4.69, 9.17) is 19.9 Å². The molecule has 1 aliphatic rings. The fraction of sp³-hybridized carbons (Fsp3) is 0.286. The largest absolute Gasteiger partial charge is 0.493 e. The van der Waals surface area contributed by atoms with Gasteiger partial charge in [-0.3, -0.25) is 0 Å². The van der Waals surface area contributed by atoms with E-state index in [2.05, 4.69) is 19.9 Å². The number of rotatable bonds is 5. The van der Waals surface area contributed by atoms with Crippen LogP contribution in [-0.2, 0) is 13.0 Å². The Labute approximate surface area is 169 Å². The maximum Gasteiger partial charge on any atom is 0.222 e. The second-order valence-corrected chi connectivity index (χ2v) is 6.71. The van der Waals surface area contributed by atoms with Gasteiger partial charge < -0.3 is 24.8 Å². The summed E-state index contributed by atoms with van der Waals surface area (Å²) in [6, 6.07) is 9.71. The van der Waals surface area contributed by atoms with Crippen molar-refractivity contribution in [1.29, 1.82) is 0 Å². The van der Waals surface area contributed by atoms with Gasteiger partial charge in [-0.05, 0) is 35.7 Å². The highest BCUT2D eigenvalue weighted by Gasteiger charge is 2.21. The van der Waals surface area contributed by atoms with Gasteiger partial charge in [-0.25, -0.2) is 9.97 Å². The first-order chi connectivity index (χ1) is 14.1. The number of anilines is 2. The van der Waals surface area contributed by atoms with Crippen molar-refractivity contribution in [3.05, 3.63) is 47.7 Å². The molecule has 0 unspecified atom stereocenters. The summed E-state index contributed by atoms with van der Waals surface area (Å²) < 4.78 is 16.0.